The molecule has 134 valence electrons. The van der Waals surface area contributed by atoms with Crippen molar-refractivity contribution in [3.05, 3.63) is 50.6 Å². The maximum Gasteiger partial charge on any atom is 0.315 e. The molecule has 0 aliphatic carbocycles. The minimum atomic E-state index is -0.338. The largest absolute Gasteiger partial charge is 0.331 e. The summed E-state index contributed by atoms with van der Waals surface area (Å²) < 4.78 is 0.955. The molecule has 0 unspecified atom stereocenters. The first-order valence-corrected chi connectivity index (χ1v) is 9.80. The van der Waals surface area contributed by atoms with Gasteiger partial charge in [-0.1, -0.05) is 35.3 Å². The molecular formula is C18H22BrN3O2S. The summed E-state index contributed by atoms with van der Waals surface area (Å²) in [5.41, 5.74) is 1.69. The van der Waals surface area contributed by atoms with Gasteiger partial charge in [0.25, 0.3) is 0 Å². The molecule has 1 atom stereocenters. The molecule has 0 aliphatic rings. The zero-order valence-electron chi connectivity index (χ0n) is 14.3. The van der Waals surface area contributed by atoms with Gasteiger partial charge in [0, 0.05) is 15.0 Å². The number of nitrogens with one attached hydrogen (secondary N) is 3. The van der Waals surface area contributed by atoms with Gasteiger partial charge in [-0.25, -0.2) is 4.79 Å². The highest BCUT2D eigenvalue weighted by molar-refractivity contribution is 9.10. The monoisotopic (exact) mass is 423 g/mol. The van der Waals surface area contributed by atoms with Gasteiger partial charge in [-0.15, -0.1) is 11.3 Å². The highest BCUT2D eigenvalue weighted by Crippen LogP contribution is 2.23. The summed E-state index contributed by atoms with van der Waals surface area (Å²) >= 11 is 5.00. The Morgan fingerprint density at radius 2 is 2.08 bits per heavy atom. The first kappa shape index (κ1) is 19.5. The number of carbonyl (C=O) groups is 2. The van der Waals surface area contributed by atoms with E-state index in [2.05, 4.69) is 38.8 Å². The fourth-order valence-corrected chi connectivity index (χ4v) is 3.68. The minimum absolute atomic E-state index is 0.0261. The van der Waals surface area contributed by atoms with Gasteiger partial charge >= 0.3 is 6.03 Å². The standard InChI is InChI=1S/C18H22BrN3O2S/c1-3-5-15(16-6-4-9-25-16)22-18(24)20-11-17(23)21-14-8-7-13(19)10-12(14)2/h4,6-10,15H,3,5,11H2,1-2H3,(H,21,23)(H2,20,22,24)/t15-/m1/s1. The summed E-state index contributed by atoms with van der Waals surface area (Å²) in [6, 6.07) is 9.22. The third-order valence-corrected chi connectivity index (χ3v) is 5.12. The molecule has 0 spiro atoms. The maximum absolute atomic E-state index is 12.1. The number of thiophene rings is 1. The number of hydrogen-bond donors (Lipinski definition) is 3. The van der Waals surface area contributed by atoms with E-state index in [-0.39, 0.29) is 24.5 Å². The van der Waals surface area contributed by atoms with Gasteiger partial charge in [0.1, 0.15) is 0 Å². The molecule has 0 bridgehead atoms. The Balaban J connectivity index is 1.83. The van der Waals surface area contributed by atoms with E-state index < -0.39 is 0 Å². The molecule has 3 amide bonds. The Labute approximate surface area is 160 Å². The molecular weight excluding hydrogens is 402 g/mol. The number of carbonyl (C=O) groups excluding carboxylic acids is 2. The fourth-order valence-electron chi connectivity index (χ4n) is 2.40. The van der Waals surface area contributed by atoms with Crippen molar-refractivity contribution >= 4 is 44.9 Å². The average molecular weight is 424 g/mol. The van der Waals surface area contributed by atoms with E-state index in [0.29, 0.717) is 0 Å². The lowest BCUT2D eigenvalue weighted by Crippen LogP contribution is -2.41. The number of hydrogen-bond acceptors (Lipinski definition) is 3. The molecule has 0 saturated heterocycles. The van der Waals surface area contributed by atoms with Gasteiger partial charge in [0.2, 0.25) is 5.91 Å². The van der Waals surface area contributed by atoms with Crippen molar-refractivity contribution in [1.29, 1.82) is 0 Å². The molecule has 1 heterocycles. The van der Waals surface area contributed by atoms with Crippen LogP contribution in [0.15, 0.2) is 40.2 Å². The van der Waals surface area contributed by atoms with Crippen LogP contribution in [0.2, 0.25) is 0 Å². The van der Waals surface area contributed by atoms with E-state index in [4.69, 9.17) is 0 Å². The van der Waals surface area contributed by atoms with E-state index in [0.717, 1.165) is 33.4 Å². The molecule has 3 N–H and O–H groups in total. The van der Waals surface area contributed by atoms with Crippen molar-refractivity contribution in [2.24, 2.45) is 0 Å². The molecule has 25 heavy (non-hydrogen) atoms. The average Bonchev–Trinajstić information content (AvgIpc) is 3.10. The lowest BCUT2D eigenvalue weighted by atomic mass is 10.1. The predicted molar refractivity (Wildman–Crippen MR) is 106 cm³/mol. The normalized spacial score (nSPS) is 11.6. The quantitative estimate of drug-likeness (QED) is 0.608. The second-order valence-electron chi connectivity index (χ2n) is 5.69. The van der Waals surface area contributed by atoms with Gasteiger partial charge in [-0.3, -0.25) is 4.79 Å². The number of rotatable bonds is 7. The second-order valence-corrected chi connectivity index (χ2v) is 7.59. The maximum atomic E-state index is 12.1. The molecule has 7 heteroatoms. The predicted octanol–water partition coefficient (Wildman–Crippen LogP) is 4.60. The first-order chi connectivity index (χ1) is 12.0. The van der Waals surface area contributed by atoms with E-state index in [1.165, 1.54) is 0 Å². The van der Waals surface area contributed by atoms with Crippen LogP contribution in [0.4, 0.5) is 10.5 Å². The number of anilines is 1. The fraction of sp³-hybridized carbons (Fsp3) is 0.333. The SMILES string of the molecule is CCC[C@@H](NC(=O)NCC(=O)Nc1ccc(Br)cc1C)c1cccs1. The summed E-state index contributed by atoms with van der Waals surface area (Å²) in [6.45, 7) is 3.91. The van der Waals surface area contributed by atoms with Gasteiger partial charge in [-0.2, -0.15) is 0 Å². The van der Waals surface area contributed by atoms with Crippen LogP contribution in [0.1, 0.15) is 36.2 Å². The molecule has 0 fully saturated rings. The minimum Gasteiger partial charge on any atom is -0.331 e. The first-order valence-electron chi connectivity index (χ1n) is 8.13. The smallest absolute Gasteiger partial charge is 0.315 e. The van der Waals surface area contributed by atoms with Crippen LogP contribution in [-0.4, -0.2) is 18.5 Å². The van der Waals surface area contributed by atoms with Crippen molar-refractivity contribution < 1.29 is 9.59 Å². The van der Waals surface area contributed by atoms with Crippen molar-refractivity contribution in [1.82, 2.24) is 10.6 Å². The zero-order valence-corrected chi connectivity index (χ0v) is 16.7. The topological polar surface area (TPSA) is 70.2 Å². The molecule has 1 aromatic heterocycles. The Morgan fingerprint density at radius 1 is 1.28 bits per heavy atom. The van der Waals surface area contributed by atoms with Gasteiger partial charge < -0.3 is 16.0 Å². The van der Waals surface area contributed by atoms with Crippen LogP contribution in [0.5, 0.6) is 0 Å². The van der Waals surface area contributed by atoms with Crippen molar-refractivity contribution in [2.75, 3.05) is 11.9 Å². The number of aryl methyl sites for hydroxylation is 1. The Bertz CT molecular complexity index is 719. The van der Waals surface area contributed by atoms with Crippen LogP contribution in [0.25, 0.3) is 0 Å². The van der Waals surface area contributed by atoms with Crippen LogP contribution in [0.3, 0.4) is 0 Å². The number of amides is 3. The third-order valence-electron chi connectivity index (χ3n) is 3.64. The lowest BCUT2D eigenvalue weighted by Gasteiger charge is -2.17. The van der Waals surface area contributed by atoms with Crippen LogP contribution >= 0.6 is 27.3 Å². The molecule has 5 nitrogen and oxygen atoms in total. The summed E-state index contributed by atoms with van der Waals surface area (Å²) in [6.07, 6.45) is 1.82. The summed E-state index contributed by atoms with van der Waals surface area (Å²) in [5.74, 6) is -0.260. The molecule has 1 aromatic carbocycles. The summed E-state index contributed by atoms with van der Waals surface area (Å²) in [4.78, 5) is 25.2. The number of urea groups is 1. The van der Waals surface area contributed by atoms with E-state index in [9.17, 15) is 9.59 Å². The van der Waals surface area contributed by atoms with Crippen LogP contribution in [-0.2, 0) is 4.79 Å². The van der Waals surface area contributed by atoms with Crippen molar-refractivity contribution in [2.45, 2.75) is 32.7 Å². The molecule has 2 rings (SSSR count). The van der Waals surface area contributed by atoms with Crippen molar-refractivity contribution in [3.8, 4) is 0 Å². The van der Waals surface area contributed by atoms with Crippen LogP contribution in [0, 0.1) is 6.92 Å². The van der Waals surface area contributed by atoms with E-state index in [1.54, 1.807) is 11.3 Å². The second kappa shape index (κ2) is 9.58. The summed E-state index contributed by atoms with van der Waals surface area (Å²) in [7, 11) is 0. The Kier molecular flexibility index (Phi) is 7.46. The Hall–Kier alpha value is -1.86. The number of halogens is 1. The van der Waals surface area contributed by atoms with Crippen molar-refractivity contribution in [3.63, 3.8) is 0 Å². The van der Waals surface area contributed by atoms with E-state index in [1.807, 2.05) is 42.6 Å². The lowest BCUT2D eigenvalue weighted by molar-refractivity contribution is -0.115. The zero-order chi connectivity index (χ0) is 18.2. The molecule has 2 aromatic rings. The van der Waals surface area contributed by atoms with Gasteiger partial charge in [0.15, 0.2) is 0 Å². The number of benzene rings is 1. The van der Waals surface area contributed by atoms with Crippen LogP contribution < -0.4 is 16.0 Å². The third kappa shape index (κ3) is 6.17. The Morgan fingerprint density at radius 3 is 2.72 bits per heavy atom. The molecule has 0 radical (unpaired) electrons. The highest BCUT2D eigenvalue weighted by atomic mass is 79.9. The molecule has 0 saturated carbocycles. The van der Waals surface area contributed by atoms with Gasteiger partial charge in [-0.05, 0) is 48.6 Å². The summed E-state index contributed by atoms with van der Waals surface area (Å²) in [5, 5.41) is 10.3. The van der Waals surface area contributed by atoms with Gasteiger partial charge in [0.05, 0.1) is 12.6 Å². The highest BCUT2D eigenvalue weighted by Gasteiger charge is 2.15. The van der Waals surface area contributed by atoms with E-state index >= 15 is 0 Å². The molecule has 0 aliphatic heterocycles.